The third kappa shape index (κ3) is 5.08. The van der Waals surface area contributed by atoms with E-state index >= 15 is 0 Å². The highest BCUT2D eigenvalue weighted by Crippen LogP contribution is 2.27. The van der Waals surface area contributed by atoms with E-state index in [-0.39, 0.29) is 35.8 Å². The van der Waals surface area contributed by atoms with Gasteiger partial charge in [-0.05, 0) is 12.1 Å². The summed E-state index contributed by atoms with van der Waals surface area (Å²) < 4.78 is 4.80. The van der Waals surface area contributed by atoms with Crippen LogP contribution in [0.2, 0.25) is 0 Å². The summed E-state index contributed by atoms with van der Waals surface area (Å²) in [7, 11) is 1.54. The van der Waals surface area contributed by atoms with Crippen molar-refractivity contribution in [2.45, 2.75) is 6.42 Å². The Morgan fingerprint density at radius 1 is 1.48 bits per heavy atom. The molecule has 0 aliphatic carbocycles. The predicted molar refractivity (Wildman–Crippen MR) is 75.8 cm³/mol. The molecule has 1 rings (SSSR count). The number of ether oxygens (including phenoxy) is 1. The van der Waals surface area contributed by atoms with E-state index in [9.17, 15) is 14.9 Å². The Kier molecular flexibility index (Phi) is 6.63. The average molecular weight is 292 g/mol. The number of methoxy groups -OCH3 is 1. The molecule has 1 aromatic rings. The molecule has 0 aromatic heterocycles. The molecule has 0 bridgehead atoms. The number of para-hydroxylation sites is 1. The zero-order chi connectivity index (χ0) is 15.7. The SMILES string of the molecule is COCCNC(=O)CCNc1cccc(C#N)c1[N+](=O)[O-]. The molecule has 2 N–H and O–H groups in total. The fourth-order valence-corrected chi connectivity index (χ4v) is 1.66. The Morgan fingerprint density at radius 3 is 2.86 bits per heavy atom. The minimum atomic E-state index is -0.612. The molecule has 0 spiro atoms. The first-order chi connectivity index (χ1) is 10.1. The van der Waals surface area contributed by atoms with Crippen LogP contribution >= 0.6 is 0 Å². The smallest absolute Gasteiger partial charge is 0.309 e. The molecular weight excluding hydrogens is 276 g/mol. The van der Waals surface area contributed by atoms with E-state index < -0.39 is 4.92 Å². The average Bonchev–Trinajstić information content (AvgIpc) is 2.47. The van der Waals surface area contributed by atoms with Crippen LogP contribution in [0.3, 0.4) is 0 Å². The number of nitrogens with zero attached hydrogens (tertiary/aromatic N) is 2. The highest BCUT2D eigenvalue weighted by molar-refractivity contribution is 5.77. The molecule has 0 aliphatic rings. The fraction of sp³-hybridized carbons (Fsp3) is 0.385. The molecule has 21 heavy (non-hydrogen) atoms. The monoisotopic (exact) mass is 292 g/mol. The van der Waals surface area contributed by atoms with Crippen LogP contribution in [0.1, 0.15) is 12.0 Å². The van der Waals surface area contributed by atoms with Crippen LogP contribution in [0.25, 0.3) is 0 Å². The van der Waals surface area contributed by atoms with Crippen LogP contribution in [-0.4, -0.2) is 37.6 Å². The maximum Gasteiger partial charge on any atom is 0.309 e. The predicted octanol–water partition coefficient (Wildman–Crippen LogP) is 1.03. The molecule has 0 saturated heterocycles. The largest absolute Gasteiger partial charge is 0.383 e. The molecule has 0 fully saturated rings. The Morgan fingerprint density at radius 2 is 2.24 bits per heavy atom. The molecule has 112 valence electrons. The summed E-state index contributed by atoms with van der Waals surface area (Å²) in [6, 6.07) is 6.20. The lowest BCUT2D eigenvalue weighted by Gasteiger charge is -2.08. The summed E-state index contributed by atoms with van der Waals surface area (Å²) in [6.45, 7) is 1.07. The number of anilines is 1. The van der Waals surface area contributed by atoms with Crippen LogP contribution in [0.5, 0.6) is 0 Å². The molecule has 1 aromatic carbocycles. The Balaban J connectivity index is 2.58. The standard InChI is InChI=1S/C13H16N4O4/c1-21-8-7-16-12(18)5-6-15-11-4-2-3-10(9-14)13(11)17(19)20/h2-4,15H,5-8H2,1H3,(H,16,18). The van der Waals surface area contributed by atoms with Gasteiger partial charge in [0.1, 0.15) is 17.3 Å². The number of nitrogens with one attached hydrogen (secondary N) is 2. The normalized spacial score (nSPS) is 9.71. The van der Waals surface area contributed by atoms with Gasteiger partial charge in [-0.1, -0.05) is 6.07 Å². The van der Waals surface area contributed by atoms with Gasteiger partial charge in [-0.25, -0.2) is 0 Å². The van der Waals surface area contributed by atoms with Gasteiger partial charge in [-0.2, -0.15) is 5.26 Å². The molecule has 0 unspecified atom stereocenters. The fourth-order valence-electron chi connectivity index (χ4n) is 1.66. The van der Waals surface area contributed by atoms with Crippen LogP contribution in [0.15, 0.2) is 18.2 Å². The van der Waals surface area contributed by atoms with Gasteiger partial charge in [0.25, 0.3) is 0 Å². The maximum absolute atomic E-state index is 11.5. The highest BCUT2D eigenvalue weighted by atomic mass is 16.6. The van der Waals surface area contributed by atoms with Crippen molar-refractivity contribution in [3.05, 3.63) is 33.9 Å². The third-order valence-corrected chi connectivity index (χ3v) is 2.63. The van der Waals surface area contributed by atoms with Crippen LogP contribution < -0.4 is 10.6 Å². The minimum Gasteiger partial charge on any atom is -0.383 e. The van der Waals surface area contributed by atoms with E-state index in [1.54, 1.807) is 12.1 Å². The Hall–Kier alpha value is -2.66. The number of benzene rings is 1. The zero-order valence-electron chi connectivity index (χ0n) is 11.6. The van der Waals surface area contributed by atoms with E-state index in [2.05, 4.69) is 10.6 Å². The molecule has 8 heteroatoms. The number of hydrogen-bond donors (Lipinski definition) is 2. The van der Waals surface area contributed by atoms with Crippen molar-refractivity contribution in [1.82, 2.24) is 5.32 Å². The van der Waals surface area contributed by atoms with E-state index in [1.807, 2.05) is 0 Å². The lowest BCUT2D eigenvalue weighted by molar-refractivity contribution is -0.384. The second-order valence-corrected chi connectivity index (χ2v) is 4.09. The first-order valence-electron chi connectivity index (χ1n) is 6.27. The van der Waals surface area contributed by atoms with Crippen LogP contribution in [-0.2, 0) is 9.53 Å². The molecule has 0 radical (unpaired) electrons. The van der Waals surface area contributed by atoms with Crippen LogP contribution in [0.4, 0.5) is 11.4 Å². The number of carbonyl (C=O) groups excluding carboxylic acids is 1. The second-order valence-electron chi connectivity index (χ2n) is 4.09. The molecule has 0 heterocycles. The van der Waals surface area contributed by atoms with Crippen molar-refractivity contribution in [2.24, 2.45) is 0 Å². The summed E-state index contributed by atoms with van der Waals surface area (Å²) in [5.41, 5.74) is -0.0712. The van der Waals surface area contributed by atoms with E-state index in [1.165, 1.54) is 19.2 Å². The van der Waals surface area contributed by atoms with Gasteiger partial charge in [-0.15, -0.1) is 0 Å². The van der Waals surface area contributed by atoms with Gasteiger partial charge in [0.05, 0.1) is 11.5 Å². The molecule has 0 atom stereocenters. The summed E-state index contributed by atoms with van der Waals surface area (Å²) in [4.78, 5) is 21.8. The number of amides is 1. The lowest BCUT2D eigenvalue weighted by Crippen LogP contribution is -2.28. The van der Waals surface area contributed by atoms with Crippen molar-refractivity contribution in [1.29, 1.82) is 5.26 Å². The molecule has 0 aliphatic heterocycles. The number of hydrogen-bond acceptors (Lipinski definition) is 6. The topological polar surface area (TPSA) is 117 Å². The van der Waals surface area contributed by atoms with Gasteiger partial charge in [0.15, 0.2) is 0 Å². The molecule has 1 amide bonds. The number of nitro benzene ring substituents is 1. The van der Waals surface area contributed by atoms with Gasteiger partial charge < -0.3 is 15.4 Å². The Bertz CT molecular complexity index is 554. The van der Waals surface area contributed by atoms with Crippen molar-refractivity contribution in [3.8, 4) is 6.07 Å². The van der Waals surface area contributed by atoms with Crippen molar-refractivity contribution < 1.29 is 14.5 Å². The maximum atomic E-state index is 11.5. The van der Waals surface area contributed by atoms with Crippen molar-refractivity contribution in [3.63, 3.8) is 0 Å². The molecule has 0 saturated carbocycles. The first kappa shape index (κ1) is 16.4. The Labute approximate surface area is 121 Å². The summed E-state index contributed by atoms with van der Waals surface area (Å²) in [5, 5.41) is 25.3. The van der Waals surface area contributed by atoms with E-state index in [4.69, 9.17) is 10.00 Å². The van der Waals surface area contributed by atoms with Crippen molar-refractivity contribution in [2.75, 3.05) is 32.1 Å². The highest BCUT2D eigenvalue weighted by Gasteiger charge is 2.19. The lowest BCUT2D eigenvalue weighted by atomic mass is 10.1. The zero-order valence-corrected chi connectivity index (χ0v) is 11.6. The number of rotatable bonds is 8. The number of nitriles is 1. The van der Waals surface area contributed by atoms with Gasteiger partial charge in [-0.3, -0.25) is 14.9 Å². The summed E-state index contributed by atoms with van der Waals surface area (Å²) >= 11 is 0. The van der Waals surface area contributed by atoms with E-state index in [0.29, 0.717) is 13.2 Å². The van der Waals surface area contributed by atoms with Gasteiger partial charge >= 0.3 is 5.69 Å². The van der Waals surface area contributed by atoms with E-state index in [0.717, 1.165) is 0 Å². The summed E-state index contributed by atoms with van der Waals surface area (Å²) in [6.07, 6.45) is 0.164. The number of carbonyl (C=O) groups is 1. The first-order valence-corrected chi connectivity index (χ1v) is 6.27. The van der Waals surface area contributed by atoms with Gasteiger partial charge in [0.2, 0.25) is 5.91 Å². The minimum absolute atomic E-state index is 0.0189. The van der Waals surface area contributed by atoms with Crippen LogP contribution in [0, 0.1) is 21.4 Å². The molecular formula is C13H16N4O4. The molecule has 8 nitrogen and oxygen atoms in total. The quantitative estimate of drug-likeness (QED) is 0.420. The summed E-state index contributed by atoms with van der Waals surface area (Å²) in [5.74, 6) is -0.182. The number of nitro groups is 1. The van der Waals surface area contributed by atoms with Gasteiger partial charge in [0, 0.05) is 26.6 Å². The van der Waals surface area contributed by atoms with Crippen molar-refractivity contribution >= 4 is 17.3 Å². The third-order valence-electron chi connectivity index (χ3n) is 2.63. The second kappa shape index (κ2) is 8.50.